The zero-order valence-corrected chi connectivity index (χ0v) is 9.90. The lowest BCUT2D eigenvalue weighted by Crippen LogP contribution is -2.65. The smallest absolute Gasteiger partial charge is 0.169 e. The monoisotopic (exact) mass is 233 g/mol. The molecule has 0 spiro atoms. The summed E-state index contributed by atoms with van der Waals surface area (Å²) in [4.78, 5) is 7.30. The van der Waals surface area contributed by atoms with Gasteiger partial charge in [-0.1, -0.05) is 5.16 Å². The molecule has 0 radical (unpaired) electrons. The van der Waals surface area contributed by atoms with Crippen LogP contribution in [-0.4, -0.2) is 70.8 Å². The molecule has 1 aliphatic rings. The summed E-state index contributed by atoms with van der Waals surface area (Å²) < 4.78 is 0. The van der Waals surface area contributed by atoms with Gasteiger partial charge in [0.25, 0.3) is 0 Å². The molecule has 0 aromatic heterocycles. The lowest BCUT2D eigenvalue weighted by Gasteiger charge is -2.47. The Morgan fingerprint density at radius 1 is 1.12 bits per heavy atom. The first-order valence-electron chi connectivity index (χ1n) is 4.97. The van der Waals surface area contributed by atoms with Gasteiger partial charge in [-0.25, -0.2) is 9.80 Å². The van der Waals surface area contributed by atoms with Gasteiger partial charge in [-0.3, -0.25) is 0 Å². The lowest BCUT2D eigenvalue weighted by atomic mass is 9.96. The SMILES string of the molecule is CON=C(C)C1C(O)N(C)C(O)N(C)C1O. The molecule has 1 heterocycles. The second kappa shape index (κ2) is 5.07. The molecule has 7 nitrogen and oxygen atoms in total. The summed E-state index contributed by atoms with van der Waals surface area (Å²) in [5.41, 5.74) is 0.466. The fourth-order valence-electron chi connectivity index (χ4n) is 1.86. The van der Waals surface area contributed by atoms with Crippen LogP contribution >= 0.6 is 0 Å². The van der Waals surface area contributed by atoms with Crippen molar-refractivity contribution in [3.05, 3.63) is 0 Å². The average Bonchev–Trinajstić information content (AvgIpc) is 2.24. The van der Waals surface area contributed by atoms with Gasteiger partial charge >= 0.3 is 0 Å². The zero-order chi connectivity index (χ0) is 12.5. The molecule has 1 fully saturated rings. The van der Waals surface area contributed by atoms with Gasteiger partial charge in [0, 0.05) is 0 Å². The van der Waals surface area contributed by atoms with Crippen LogP contribution in [0.25, 0.3) is 0 Å². The zero-order valence-electron chi connectivity index (χ0n) is 9.90. The Kier molecular flexibility index (Phi) is 4.22. The first-order chi connectivity index (χ1) is 7.41. The van der Waals surface area contributed by atoms with Crippen molar-refractivity contribution in [1.29, 1.82) is 0 Å². The van der Waals surface area contributed by atoms with Gasteiger partial charge in [-0.05, 0) is 21.0 Å². The topological polar surface area (TPSA) is 88.8 Å². The van der Waals surface area contributed by atoms with E-state index in [1.807, 2.05) is 0 Å². The van der Waals surface area contributed by atoms with E-state index < -0.39 is 24.7 Å². The standard InChI is InChI=1S/C9H19N3O4/c1-5(10-16-4)6-7(13)11(2)9(15)12(3)8(6)14/h6-9,13-15H,1-4H3. The van der Waals surface area contributed by atoms with Crippen LogP contribution < -0.4 is 0 Å². The first kappa shape index (κ1) is 13.3. The van der Waals surface area contributed by atoms with Crippen molar-refractivity contribution in [2.24, 2.45) is 11.1 Å². The number of hydrogen-bond donors (Lipinski definition) is 3. The Hall–Kier alpha value is -0.730. The van der Waals surface area contributed by atoms with Crippen LogP contribution in [0.3, 0.4) is 0 Å². The number of rotatable bonds is 2. The third kappa shape index (κ3) is 2.18. The van der Waals surface area contributed by atoms with Crippen molar-refractivity contribution in [3.63, 3.8) is 0 Å². The quantitative estimate of drug-likeness (QED) is 0.394. The third-order valence-electron chi connectivity index (χ3n) is 2.92. The van der Waals surface area contributed by atoms with Crippen LogP contribution in [0, 0.1) is 5.92 Å². The lowest BCUT2D eigenvalue weighted by molar-refractivity contribution is -0.256. The van der Waals surface area contributed by atoms with Crippen molar-refractivity contribution < 1.29 is 20.2 Å². The van der Waals surface area contributed by atoms with E-state index in [0.29, 0.717) is 5.71 Å². The van der Waals surface area contributed by atoms with Crippen molar-refractivity contribution in [1.82, 2.24) is 9.80 Å². The maximum atomic E-state index is 9.94. The highest BCUT2D eigenvalue weighted by atomic mass is 16.6. The molecule has 1 rings (SSSR count). The molecule has 0 aromatic carbocycles. The third-order valence-corrected chi connectivity index (χ3v) is 2.92. The minimum absolute atomic E-state index is 0.466. The summed E-state index contributed by atoms with van der Waals surface area (Å²) in [5, 5.41) is 33.3. The summed E-state index contributed by atoms with van der Waals surface area (Å²) in [5.74, 6) is -0.627. The number of hydrogen-bond acceptors (Lipinski definition) is 7. The molecule has 0 saturated carbocycles. The second-order valence-electron chi connectivity index (χ2n) is 3.95. The Labute approximate surface area is 94.5 Å². The molecule has 16 heavy (non-hydrogen) atoms. The molecule has 0 aliphatic carbocycles. The first-order valence-corrected chi connectivity index (χ1v) is 4.97. The van der Waals surface area contributed by atoms with Gasteiger partial charge in [0.2, 0.25) is 0 Å². The van der Waals surface area contributed by atoms with Crippen LogP contribution in [-0.2, 0) is 4.84 Å². The Bertz CT molecular complexity index is 257. The van der Waals surface area contributed by atoms with E-state index in [0.717, 1.165) is 0 Å². The molecule has 2 atom stereocenters. The molecule has 3 N–H and O–H groups in total. The van der Waals surface area contributed by atoms with Crippen molar-refractivity contribution in [2.75, 3.05) is 21.2 Å². The van der Waals surface area contributed by atoms with Crippen molar-refractivity contribution in [3.8, 4) is 0 Å². The molecule has 2 unspecified atom stereocenters. The number of oxime groups is 1. The summed E-state index contributed by atoms with van der Waals surface area (Å²) in [6.07, 6.45) is -3.06. The maximum Gasteiger partial charge on any atom is 0.169 e. The van der Waals surface area contributed by atoms with E-state index in [-0.39, 0.29) is 0 Å². The molecule has 0 bridgehead atoms. The number of nitrogens with zero attached hydrogens (tertiary/aromatic N) is 3. The van der Waals surface area contributed by atoms with E-state index in [4.69, 9.17) is 0 Å². The fourth-order valence-corrected chi connectivity index (χ4v) is 1.86. The van der Waals surface area contributed by atoms with E-state index in [1.165, 1.54) is 16.9 Å². The Morgan fingerprint density at radius 3 is 1.94 bits per heavy atom. The predicted octanol–water partition coefficient (Wildman–Crippen LogP) is -1.59. The Morgan fingerprint density at radius 2 is 1.56 bits per heavy atom. The molecule has 7 heteroatoms. The van der Waals surface area contributed by atoms with Gasteiger partial charge in [-0.15, -0.1) is 0 Å². The molecule has 1 saturated heterocycles. The van der Waals surface area contributed by atoms with Crippen LogP contribution in [0.15, 0.2) is 5.16 Å². The van der Waals surface area contributed by atoms with E-state index >= 15 is 0 Å². The Balaban J connectivity index is 2.95. The van der Waals surface area contributed by atoms with Crippen molar-refractivity contribution >= 4 is 5.71 Å². The van der Waals surface area contributed by atoms with Crippen LogP contribution in [0.1, 0.15) is 6.92 Å². The molecule has 0 amide bonds. The predicted molar refractivity (Wildman–Crippen MR) is 57.2 cm³/mol. The summed E-state index contributed by atoms with van der Waals surface area (Å²) in [6.45, 7) is 1.65. The average molecular weight is 233 g/mol. The number of aliphatic hydroxyl groups is 3. The van der Waals surface area contributed by atoms with E-state index in [2.05, 4.69) is 9.99 Å². The van der Waals surface area contributed by atoms with E-state index in [9.17, 15) is 15.3 Å². The van der Waals surface area contributed by atoms with Gasteiger partial charge < -0.3 is 20.2 Å². The highest BCUT2D eigenvalue weighted by molar-refractivity contribution is 5.84. The summed E-state index contributed by atoms with van der Waals surface area (Å²) in [6, 6.07) is 0. The minimum Gasteiger partial charge on any atom is -0.399 e. The summed E-state index contributed by atoms with van der Waals surface area (Å²) >= 11 is 0. The highest BCUT2D eigenvalue weighted by Gasteiger charge is 2.44. The van der Waals surface area contributed by atoms with Gasteiger partial charge in [0.05, 0.1) is 11.6 Å². The molecule has 0 aromatic rings. The second-order valence-corrected chi connectivity index (χ2v) is 3.95. The fraction of sp³-hybridized carbons (Fsp3) is 0.889. The summed E-state index contributed by atoms with van der Waals surface area (Å²) in [7, 11) is 4.52. The molecule has 1 aliphatic heterocycles. The van der Waals surface area contributed by atoms with Crippen LogP contribution in [0.5, 0.6) is 0 Å². The van der Waals surface area contributed by atoms with Gasteiger partial charge in [0.15, 0.2) is 6.35 Å². The minimum atomic E-state index is -1.03. The molecule has 94 valence electrons. The maximum absolute atomic E-state index is 9.94. The number of aliphatic hydroxyl groups excluding tert-OH is 3. The molecular formula is C9H19N3O4. The van der Waals surface area contributed by atoms with Gasteiger partial charge in [-0.2, -0.15) is 0 Å². The normalized spacial score (nSPS) is 38.8. The largest absolute Gasteiger partial charge is 0.399 e. The van der Waals surface area contributed by atoms with Crippen LogP contribution in [0.4, 0.5) is 0 Å². The van der Waals surface area contributed by atoms with Crippen LogP contribution in [0.2, 0.25) is 0 Å². The van der Waals surface area contributed by atoms with E-state index in [1.54, 1.807) is 21.0 Å². The molecular weight excluding hydrogens is 214 g/mol. The van der Waals surface area contributed by atoms with Gasteiger partial charge in [0.1, 0.15) is 19.6 Å². The highest BCUT2D eigenvalue weighted by Crippen LogP contribution is 2.25. The van der Waals surface area contributed by atoms with Crippen molar-refractivity contribution in [2.45, 2.75) is 25.7 Å².